The van der Waals surface area contributed by atoms with Crippen LogP contribution in [0.4, 0.5) is 0 Å². The molecule has 0 aliphatic carbocycles. The molecule has 1 aromatic rings. The first-order valence-electron chi connectivity index (χ1n) is 5.75. The van der Waals surface area contributed by atoms with Crippen molar-refractivity contribution < 1.29 is 5.11 Å². The lowest BCUT2D eigenvalue weighted by Gasteiger charge is -2.20. The summed E-state index contributed by atoms with van der Waals surface area (Å²) in [5.41, 5.74) is 2.35. The molecule has 0 radical (unpaired) electrons. The summed E-state index contributed by atoms with van der Waals surface area (Å²) in [6.45, 7) is 7.16. The minimum atomic E-state index is 0.248. The fraction of sp³-hybridized carbons (Fsp3) is 0.538. The van der Waals surface area contributed by atoms with Gasteiger partial charge in [-0.05, 0) is 37.1 Å². The van der Waals surface area contributed by atoms with Crippen LogP contribution in [0.15, 0.2) is 18.2 Å². The zero-order valence-corrected chi connectivity index (χ0v) is 10.8. The van der Waals surface area contributed by atoms with Crippen LogP contribution in [0.2, 0.25) is 5.02 Å². The van der Waals surface area contributed by atoms with Gasteiger partial charge < -0.3 is 5.11 Å². The van der Waals surface area contributed by atoms with Crippen LogP contribution in [0.3, 0.4) is 0 Å². The molecule has 0 fully saturated rings. The standard InChI is InChI=1S/C13H20ClNO/c1-3-15(7-4-8-16)10-12-6-5-11(2)9-13(12)14/h5-6,9,16H,3-4,7-8,10H2,1-2H3. The average Bonchev–Trinajstić information content (AvgIpc) is 2.27. The Hall–Kier alpha value is -0.570. The van der Waals surface area contributed by atoms with E-state index in [9.17, 15) is 0 Å². The van der Waals surface area contributed by atoms with Crippen LogP contribution in [0, 0.1) is 6.92 Å². The first-order valence-corrected chi connectivity index (χ1v) is 6.13. The predicted molar refractivity (Wildman–Crippen MR) is 68.8 cm³/mol. The molecule has 0 saturated heterocycles. The van der Waals surface area contributed by atoms with Gasteiger partial charge in [-0.2, -0.15) is 0 Å². The number of aliphatic hydroxyl groups is 1. The van der Waals surface area contributed by atoms with E-state index < -0.39 is 0 Å². The van der Waals surface area contributed by atoms with Gasteiger partial charge in [0.05, 0.1) is 0 Å². The number of aliphatic hydroxyl groups excluding tert-OH is 1. The van der Waals surface area contributed by atoms with Crippen molar-refractivity contribution in [1.82, 2.24) is 4.90 Å². The van der Waals surface area contributed by atoms with E-state index in [4.69, 9.17) is 16.7 Å². The number of rotatable bonds is 6. The van der Waals surface area contributed by atoms with Gasteiger partial charge >= 0.3 is 0 Å². The molecule has 0 aromatic heterocycles. The molecule has 0 spiro atoms. The van der Waals surface area contributed by atoms with E-state index in [0.29, 0.717) is 0 Å². The van der Waals surface area contributed by atoms with Gasteiger partial charge in [0, 0.05) is 24.7 Å². The van der Waals surface area contributed by atoms with Crippen molar-refractivity contribution in [3.63, 3.8) is 0 Å². The highest BCUT2D eigenvalue weighted by atomic mass is 35.5. The Morgan fingerprint density at radius 3 is 2.69 bits per heavy atom. The maximum atomic E-state index is 8.82. The van der Waals surface area contributed by atoms with Crippen LogP contribution in [-0.2, 0) is 6.54 Å². The highest BCUT2D eigenvalue weighted by Crippen LogP contribution is 2.19. The smallest absolute Gasteiger partial charge is 0.0453 e. The highest BCUT2D eigenvalue weighted by Gasteiger charge is 2.06. The van der Waals surface area contributed by atoms with E-state index in [0.717, 1.165) is 36.6 Å². The molecule has 3 heteroatoms. The van der Waals surface area contributed by atoms with Crippen molar-refractivity contribution >= 4 is 11.6 Å². The SMILES string of the molecule is CCN(CCCO)Cc1ccc(C)cc1Cl. The van der Waals surface area contributed by atoms with E-state index in [1.54, 1.807) is 0 Å². The summed E-state index contributed by atoms with van der Waals surface area (Å²) in [5.74, 6) is 0. The molecule has 0 heterocycles. The normalized spacial score (nSPS) is 11.1. The predicted octanol–water partition coefficient (Wildman–Crippen LogP) is 2.85. The molecule has 16 heavy (non-hydrogen) atoms. The van der Waals surface area contributed by atoms with Gasteiger partial charge in [-0.3, -0.25) is 4.90 Å². The summed E-state index contributed by atoms with van der Waals surface area (Å²) in [5, 5.41) is 9.65. The van der Waals surface area contributed by atoms with E-state index in [1.165, 1.54) is 5.56 Å². The molecule has 0 aliphatic heterocycles. The summed E-state index contributed by atoms with van der Waals surface area (Å²) < 4.78 is 0. The molecule has 0 saturated carbocycles. The van der Waals surface area contributed by atoms with Gasteiger partial charge in [-0.15, -0.1) is 0 Å². The maximum Gasteiger partial charge on any atom is 0.0453 e. The van der Waals surface area contributed by atoms with Crippen LogP contribution in [0.1, 0.15) is 24.5 Å². The molecule has 0 atom stereocenters. The molecule has 0 unspecified atom stereocenters. The van der Waals surface area contributed by atoms with Gasteiger partial charge in [0.1, 0.15) is 0 Å². The van der Waals surface area contributed by atoms with Crippen LogP contribution in [0.25, 0.3) is 0 Å². The third-order valence-electron chi connectivity index (χ3n) is 2.68. The minimum absolute atomic E-state index is 0.248. The van der Waals surface area contributed by atoms with Crippen LogP contribution in [0.5, 0.6) is 0 Å². The monoisotopic (exact) mass is 241 g/mol. The molecule has 1 rings (SSSR count). The molecule has 0 bridgehead atoms. The second-order valence-corrected chi connectivity index (χ2v) is 4.45. The van der Waals surface area contributed by atoms with Crippen molar-refractivity contribution in [1.29, 1.82) is 0 Å². The second kappa shape index (κ2) is 6.89. The first-order chi connectivity index (χ1) is 7.67. The fourth-order valence-corrected chi connectivity index (χ4v) is 1.96. The van der Waals surface area contributed by atoms with Gasteiger partial charge in [0.25, 0.3) is 0 Å². The lowest BCUT2D eigenvalue weighted by molar-refractivity contribution is 0.225. The second-order valence-electron chi connectivity index (χ2n) is 4.04. The summed E-state index contributed by atoms with van der Waals surface area (Å²) >= 11 is 6.19. The Balaban J connectivity index is 2.62. The van der Waals surface area contributed by atoms with Crippen LogP contribution in [-0.4, -0.2) is 29.7 Å². The van der Waals surface area contributed by atoms with Crippen LogP contribution >= 0.6 is 11.6 Å². The Labute approximate surface area is 103 Å². The molecule has 1 aromatic carbocycles. The molecule has 0 aliphatic rings. The van der Waals surface area contributed by atoms with E-state index in [-0.39, 0.29) is 6.61 Å². The van der Waals surface area contributed by atoms with E-state index >= 15 is 0 Å². The Morgan fingerprint density at radius 1 is 1.38 bits per heavy atom. The summed E-state index contributed by atoms with van der Waals surface area (Å²) in [6.07, 6.45) is 0.817. The lowest BCUT2D eigenvalue weighted by atomic mass is 10.1. The number of nitrogens with zero attached hydrogens (tertiary/aromatic N) is 1. The van der Waals surface area contributed by atoms with Gasteiger partial charge in [0.2, 0.25) is 0 Å². The van der Waals surface area contributed by atoms with Crippen molar-refractivity contribution in [2.75, 3.05) is 19.7 Å². The molecule has 1 N–H and O–H groups in total. The zero-order valence-electron chi connectivity index (χ0n) is 10.0. The fourth-order valence-electron chi connectivity index (χ4n) is 1.66. The maximum absolute atomic E-state index is 8.82. The zero-order chi connectivity index (χ0) is 12.0. The molecular weight excluding hydrogens is 222 g/mol. The topological polar surface area (TPSA) is 23.5 Å². The molecule has 2 nitrogen and oxygen atoms in total. The third-order valence-corrected chi connectivity index (χ3v) is 3.03. The summed E-state index contributed by atoms with van der Waals surface area (Å²) in [6, 6.07) is 6.16. The quantitative estimate of drug-likeness (QED) is 0.828. The molecule has 0 amide bonds. The van der Waals surface area contributed by atoms with Gasteiger partial charge in [0.15, 0.2) is 0 Å². The first kappa shape index (κ1) is 13.5. The largest absolute Gasteiger partial charge is 0.396 e. The summed E-state index contributed by atoms with van der Waals surface area (Å²) in [4.78, 5) is 2.28. The van der Waals surface area contributed by atoms with Gasteiger partial charge in [-0.1, -0.05) is 30.7 Å². The van der Waals surface area contributed by atoms with Gasteiger partial charge in [-0.25, -0.2) is 0 Å². The highest BCUT2D eigenvalue weighted by molar-refractivity contribution is 6.31. The molecule has 90 valence electrons. The lowest BCUT2D eigenvalue weighted by Crippen LogP contribution is -2.24. The average molecular weight is 242 g/mol. The van der Waals surface area contributed by atoms with Crippen LogP contribution < -0.4 is 0 Å². The Kier molecular flexibility index (Phi) is 5.81. The van der Waals surface area contributed by atoms with E-state index in [1.807, 2.05) is 13.0 Å². The van der Waals surface area contributed by atoms with Crippen molar-refractivity contribution in [2.45, 2.75) is 26.8 Å². The Bertz CT molecular complexity index is 328. The number of halogens is 1. The van der Waals surface area contributed by atoms with Crippen molar-refractivity contribution in [3.05, 3.63) is 34.3 Å². The molecular formula is C13H20ClNO. The number of hydrogen-bond acceptors (Lipinski definition) is 2. The minimum Gasteiger partial charge on any atom is -0.396 e. The van der Waals surface area contributed by atoms with Crippen molar-refractivity contribution in [2.24, 2.45) is 0 Å². The Morgan fingerprint density at radius 2 is 2.12 bits per heavy atom. The van der Waals surface area contributed by atoms with Crippen molar-refractivity contribution in [3.8, 4) is 0 Å². The number of benzene rings is 1. The van der Waals surface area contributed by atoms with E-state index in [2.05, 4.69) is 24.0 Å². The third kappa shape index (κ3) is 4.12. The number of aryl methyl sites for hydroxylation is 1. The number of hydrogen-bond donors (Lipinski definition) is 1. The summed E-state index contributed by atoms with van der Waals surface area (Å²) in [7, 11) is 0.